The molecule has 5 aliphatic carbocycles. The Labute approximate surface area is 686 Å². The van der Waals surface area contributed by atoms with Crippen molar-refractivity contribution in [1.29, 1.82) is 0 Å². The smallest absolute Gasteiger partial charge is 0.00135 e. The third-order valence-electron chi connectivity index (χ3n) is 16.4. The van der Waals surface area contributed by atoms with Gasteiger partial charge in [0, 0.05) is 0 Å². The summed E-state index contributed by atoms with van der Waals surface area (Å²) in [6.07, 6.45) is 22.2. The molecule has 19 rings (SSSR count). The normalized spacial score (nSPS) is 10.4. The van der Waals surface area contributed by atoms with Crippen LogP contribution in [-0.4, -0.2) is 0 Å². The lowest BCUT2D eigenvalue weighted by molar-refractivity contribution is 1.15. The Kier molecular flexibility index (Phi) is 62.5. The second-order valence-electron chi connectivity index (χ2n) is 21.8. The van der Waals surface area contributed by atoms with E-state index >= 15 is 0 Å². The van der Waals surface area contributed by atoms with Gasteiger partial charge in [-0.25, -0.2) is 0 Å². The first-order chi connectivity index (χ1) is 55.7. The molecular weight excluding hydrogens is 1350 g/mol. The molecule has 0 N–H and O–H groups in total. The van der Waals surface area contributed by atoms with E-state index in [4.69, 9.17) is 0 Å². The second-order valence-corrected chi connectivity index (χ2v) is 21.8. The molecule has 14 aromatic carbocycles. The molecule has 0 aliphatic heterocycles. The van der Waals surface area contributed by atoms with Crippen LogP contribution in [0.15, 0.2) is 333 Å². The van der Waals surface area contributed by atoms with Crippen LogP contribution in [0, 0.1) is 0 Å². The van der Waals surface area contributed by atoms with Crippen LogP contribution in [0.4, 0.5) is 0 Å². The van der Waals surface area contributed by atoms with Crippen LogP contribution < -0.4 is 0 Å². The third-order valence-corrected chi connectivity index (χ3v) is 16.4. The van der Waals surface area contributed by atoms with Gasteiger partial charge in [0.15, 0.2) is 0 Å². The van der Waals surface area contributed by atoms with Crippen molar-refractivity contribution in [2.75, 3.05) is 0 Å². The molecule has 0 amide bonds. The number of allylic oxidation sites excluding steroid dienone is 7. The molecule has 596 valence electrons. The van der Waals surface area contributed by atoms with Gasteiger partial charge < -0.3 is 0 Å². The molecule has 0 radical (unpaired) electrons. The van der Waals surface area contributed by atoms with Crippen molar-refractivity contribution in [3.8, 4) is 22.3 Å². The summed E-state index contributed by atoms with van der Waals surface area (Å²) in [6, 6.07) is 103. The minimum Gasteiger partial charge on any atom is -0.0798 e. The molecule has 0 nitrogen and oxygen atoms in total. The van der Waals surface area contributed by atoms with Crippen molar-refractivity contribution >= 4 is 82.9 Å². The zero-order chi connectivity index (χ0) is 84.3. The molecule has 0 unspecified atom stereocenters. The molecule has 14 aromatic rings. The van der Waals surface area contributed by atoms with E-state index in [0.29, 0.717) is 0 Å². The van der Waals surface area contributed by atoms with Crippen molar-refractivity contribution in [2.24, 2.45) is 0 Å². The Morgan fingerprint density at radius 3 is 0.768 bits per heavy atom. The molecule has 0 heterocycles. The van der Waals surface area contributed by atoms with Crippen molar-refractivity contribution in [3.05, 3.63) is 366 Å². The van der Waals surface area contributed by atoms with Crippen molar-refractivity contribution in [3.63, 3.8) is 0 Å². The van der Waals surface area contributed by atoms with Gasteiger partial charge in [-0.2, -0.15) is 0 Å². The summed E-state index contributed by atoms with van der Waals surface area (Å²) in [5.74, 6) is 0. The summed E-state index contributed by atoms with van der Waals surface area (Å²) in [4.78, 5) is 0. The molecule has 0 heteroatoms. The maximum Gasteiger partial charge on any atom is -0.00135 e. The third kappa shape index (κ3) is 32.1. The fourth-order valence-electron chi connectivity index (χ4n) is 12.2. The predicted octanol–water partition coefficient (Wildman–Crippen LogP) is 37.3. The number of hydrogen-bond donors (Lipinski definition) is 0. The van der Waals surface area contributed by atoms with Crippen LogP contribution in [0.25, 0.3) is 105 Å². The van der Waals surface area contributed by atoms with Gasteiger partial charge in [0.2, 0.25) is 0 Å². The lowest BCUT2D eigenvalue weighted by Crippen LogP contribution is -1.82. The summed E-state index contributed by atoms with van der Waals surface area (Å²) >= 11 is 0. The van der Waals surface area contributed by atoms with Gasteiger partial charge >= 0.3 is 0 Å². The van der Waals surface area contributed by atoms with E-state index in [1.54, 1.807) is 5.57 Å². The minimum absolute atomic E-state index is 1.10. The topological polar surface area (TPSA) is 0 Å². The van der Waals surface area contributed by atoms with E-state index in [9.17, 15) is 0 Å². The van der Waals surface area contributed by atoms with Crippen LogP contribution in [0.1, 0.15) is 240 Å². The van der Waals surface area contributed by atoms with E-state index in [0.717, 1.165) is 12.8 Å². The number of fused-ring (bicyclic) bond motifs is 6. The van der Waals surface area contributed by atoms with E-state index in [2.05, 4.69) is 328 Å². The van der Waals surface area contributed by atoms with E-state index in [-0.39, 0.29) is 0 Å². The predicted molar refractivity (Wildman–Crippen MR) is 524 cm³/mol. The SMILES string of the molecule is C1=CC2=C(C1)CC=C2.C1=Cc2cccc3cccc1c23.C1=Cc2ccccc2C1.CC.CC.CC.CC.CC.CC.CC.CC.CC.CC.CC.CC.CC.CC.c1cc2ccc3cccc4ccc(c1)c2c34.c1ccc(-c2ccccc2)cc1.c1ccc2c(c1)Cc1ccccc1-2.c1ccc2cc3ccccc3cc2c1. The van der Waals surface area contributed by atoms with Crippen molar-refractivity contribution in [2.45, 2.75) is 220 Å². The Morgan fingerprint density at radius 1 is 0.179 bits per heavy atom. The highest BCUT2D eigenvalue weighted by Crippen LogP contribution is 2.37. The van der Waals surface area contributed by atoms with Gasteiger partial charge in [-0.3, -0.25) is 0 Å². The quantitative estimate of drug-likeness (QED) is 0.114. The van der Waals surface area contributed by atoms with Gasteiger partial charge in [0.05, 0.1) is 0 Å². The largest absolute Gasteiger partial charge is 0.0798 e. The highest BCUT2D eigenvalue weighted by molar-refractivity contribution is 6.23. The lowest BCUT2D eigenvalue weighted by atomic mass is 9.95. The van der Waals surface area contributed by atoms with Crippen molar-refractivity contribution < 1.29 is 0 Å². The molecular formula is C112H148. The van der Waals surface area contributed by atoms with Gasteiger partial charge in [0.25, 0.3) is 0 Å². The highest BCUT2D eigenvalue weighted by atomic mass is 14.2. The molecule has 0 aromatic heterocycles. The summed E-state index contributed by atoms with van der Waals surface area (Å²) < 4.78 is 0. The van der Waals surface area contributed by atoms with Gasteiger partial charge in [-0.05, 0) is 164 Å². The molecule has 0 atom stereocenters. The summed E-state index contributed by atoms with van der Waals surface area (Å²) in [7, 11) is 0. The maximum atomic E-state index is 2.24. The first-order valence-electron chi connectivity index (χ1n) is 43.4. The molecule has 0 saturated heterocycles. The fraction of sp³-hybridized carbons (Fsp3) is 0.286. The second kappa shape index (κ2) is 67.5. The number of hydrogen-bond acceptors (Lipinski definition) is 0. The molecule has 0 bridgehead atoms. The van der Waals surface area contributed by atoms with Crippen LogP contribution >= 0.6 is 0 Å². The molecule has 112 heavy (non-hydrogen) atoms. The lowest BCUT2D eigenvalue weighted by Gasteiger charge is -2.09. The highest BCUT2D eigenvalue weighted by Gasteiger charge is 2.16. The Balaban J connectivity index is 0. The van der Waals surface area contributed by atoms with Crippen LogP contribution in [0.2, 0.25) is 0 Å². The van der Waals surface area contributed by atoms with Gasteiger partial charge in [0.1, 0.15) is 0 Å². The summed E-state index contributed by atoms with van der Waals surface area (Å²) in [5.41, 5.74) is 16.9. The first-order valence-corrected chi connectivity index (χ1v) is 43.4. The minimum atomic E-state index is 1.10. The average Bonchev–Trinajstić information content (AvgIpc) is 1.30. The van der Waals surface area contributed by atoms with E-state index in [1.165, 1.54) is 139 Å². The standard InChI is InChI=1S/C16H10.C14H10.C13H10.C12H8.C12H10.C9H8.C8H8.14C2H6/c1-3-11-7-9-13-5-2-6-14-10-8-12(4-1)15(11)16(13)14;1-2-6-12-10-14-8-4-3-7-13(14)9-11(12)5-1;1-3-7-12-10(5-1)9-11-6-2-4-8-13(11)12;1-3-9-4-2-6-11-8-7-10(5-1)12(9)11;1-3-7-11(8-4-1)12-9-5-2-6-10-12;1-2-5-9-7-3-6-8(9)4-1;1-3-7-5-2-6-8(7)4-1;14*1-2/h1-10H;1-10H;1-8H,9H2;1-8H;1-10H;1-6H,7H2;1-3,5H,4,6H2;14*1-2H3. The molecule has 5 aliphatic rings. The molecule has 0 spiro atoms. The van der Waals surface area contributed by atoms with Crippen LogP contribution in [-0.2, 0) is 12.8 Å². The Hall–Kier alpha value is -10.4. The summed E-state index contributed by atoms with van der Waals surface area (Å²) in [5, 5.41) is 16.1. The maximum absolute atomic E-state index is 2.24. The van der Waals surface area contributed by atoms with Crippen LogP contribution in [0.3, 0.4) is 0 Å². The Morgan fingerprint density at radius 2 is 0.438 bits per heavy atom. The fourth-order valence-corrected chi connectivity index (χ4v) is 12.2. The monoisotopic (exact) mass is 1490 g/mol. The van der Waals surface area contributed by atoms with Gasteiger partial charge in [-0.1, -0.05) is 527 Å². The summed E-state index contributed by atoms with van der Waals surface area (Å²) in [6.45, 7) is 56.0. The van der Waals surface area contributed by atoms with Crippen LogP contribution in [0.5, 0.6) is 0 Å². The molecule has 0 saturated carbocycles. The average molecular weight is 1490 g/mol. The Bertz CT molecular complexity index is 4380. The van der Waals surface area contributed by atoms with Crippen molar-refractivity contribution in [1.82, 2.24) is 0 Å². The first kappa shape index (κ1) is 104. The van der Waals surface area contributed by atoms with E-state index in [1.807, 2.05) is 206 Å². The number of benzene rings is 14. The number of rotatable bonds is 1. The zero-order valence-electron chi connectivity index (χ0n) is 75.2. The zero-order valence-corrected chi connectivity index (χ0v) is 75.2. The van der Waals surface area contributed by atoms with E-state index < -0.39 is 0 Å². The van der Waals surface area contributed by atoms with Gasteiger partial charge in [-0.15, -0.1) is 0 Å². The molecule has 0 fully saturated rings.